The highest BCUT2D eigenvalue weighted by atomic mass is 32.1. The van der Waals surface area contributed by atoms with Gasteiger partial charge in [-0.2, -0.15) is 0 Å². The molecule has 0 bridgehead atoms. The van der Waals surface area contributed by atoms with E-state index in [1.165, 1.54) is 36.5 Å². The number of hydrogen-bond acceptors (Lipinski definition) is 4. The predicted molar refractivity (Wildman–Crippen MR) is 193 cm³/mol. The van der Waals surface area contributed by atoms with Gasteiger partial charge in [0.15, 0.2) is 0 Å². The van der Waals surface area contributed by atoms with Crippen molar-refractivity contribution in [3.8, 4) is 11.1 Å². The Morgan fingerprint density at radius 1 is 0.533 bits per heavy atom. The third-order valence-corrected chi connectivity index (χ3v) is 10.7. The molecule has 45 heavy (non-hydrogen) atoms. The maximum absolute atomic E-state index is 6.47. The fourth-order valence-corrected chi connectivity index (χ4v) is 7.72. The predicted octanol–water partition coefficient (Wildman–Crippen LogP) is 10.6. The first-order valence-corrected chi connectivity index (χ1v) is 16.3. The van der Waals surface area contributed by atoms with Gasteiger partial charge in [0.2, 0.25) is 0 Å². The van der Waals surface area contributed by atoms with Crippen molar-refractivity contribution in [2.75, 3.05) is 4.90 Å². The van der Waals surface area contributed by atoms with Crippen LogP contribution in [0.15, 0.2) is 133 Å². The Bertz CT molecular complexity index is 2130. The van der Waals surface area contributed by atoms with E-state index in [9.17, 15) is 0 Å². The van der Waals surface area contributed by atoms with Crippen LogP contribution in [0.1, 0.15) is 27.7 Å². The van der Waals surface area contributed by atoms with E-state index < -0.39 is 18.3 Å². The number of para-hydroxylation sites is 2. The third kappa shape index (κ3) is 4.74. The topological polar surface area (TPSA) is 21.7 Å². The molecule has 5 heteroatoms. The lowest BCUT2D eigenvalue weighted by Crippen LogP contribution is -2.41. The molecule has 8 rings (SSSR count). The Balaban J connectivity index is 1.39. The van der Waals surface area contributed by atoms with Gasteiger partial charge in [-0.15, -0.1) is 11.3 Å². The number of rotatable bonds is 5. The smallest absolute Gasteiger partial charge is 0.399 e. The van der Waals surface area contributed by atoms with Gasteiger partial charge >= 0.3 is 7.12 Å². The Kier molecular flexibility index (Phi) is 6.61. The molecule has 220 valence electrons. The molecule has 0 aliphatic carbocycles. The van der Waals surface area contributed by atoms with Gasteiger partial charge in [0.25, 0.3) is 0 Å². The summed E-state index contributed by atoms with van der Waals surface area (Å²) in [6.45, 7) is 8.42. The summed E-state index contributed by atoms with van der Waals surface area (Å²) in [5.41, 5.74) is 5.91. The quantitative estimate of drug-likeness (QED) is 0.183. The highest BCUT2D eigenvalue weighted by molar-refractivity contribution is 7.27. The van der Waals surface area contributed by atoms with Crippen molar-refractivity contribution in [2.45, 2.75) is 38.9 Å². The Morgan fingerprint density at radius 2 is 1.18 bits per heavy atom. The molecule has 0 unspecified atom stereocenters. The van der Waals surface area contributed by atoms with Crippen molar-refractivity contribution < 1.29 is 9.31 Å². The number of thiophene rings is 1. The monoisotopic (exact) mass is 603 g/mol. The van der Waals surface area contributed by atoms with Gasteiger partial charge in [0.1, 0.15) is 0 Å². The molecule has 1 aromatic heterocycles. The summed E-state index contributed by atoms with van der Waals surface area (Å²) >= 11 is 1.88. The molecule has 0 amide bonds. The molecule has 0 spiro atoms. The van der Waals surface area contributed by atoms with Gasteiger partial charge in [0.05, 0.1) is 11.2 Å². The standard InChI is InChI=1S/C40H34BNO2S/c1-39(2)40(3,4)44-41(43-39)29-16-13-15-28(24-29)35-25-32(42(30-17-7-5-8-18-30)31-19-9-6-10-20-31)26-36-34-23-22-27-14-11-12-21-33(27)37(34)45-38(35)36/h5-26H,1-4H3. The van der Waals surface area contributed by atoms with Crippen LogP contribution in [-0.4, -0.2) is 18.3 Å². The summed E-state index contributed by atoms with van der Waals surface area (Å²) in [5.74, 6) is 0. The van der Waals surface area contributed by atoms with E-state index in [0.717, 1.165) is 28.1 Å². The first-order chi connectivity index (χ1) is 21.8. The van der Waals surface area contributed by atoms with Crippen molar-refractivity contribution in [3.63, 3.8) is 0 Å². The van der Waals surface area contributed by atoms with Gasteiger partial charge in [-0.3, -0.25) is 0 Å². The summed E-state index contributed by atoms with van der Waals surface area (Å²) in [4.78, 5) is 2.35. The molecule has 0 N–H and O–H groups in total. The van der Waals surface area contributed by atoms with E-state index >= 15 is 0 Å². The van der Waals surface area contributed by atoms with E-state index in [-0.39, 0.29) is 0 Å². The van der Waals surface area contributed by atoms with Crippen LogP contribution >= 0.6 is 11.3 Å². The van der Waals surface area contributed by atoms with Crippen LogP contribution in [0.25, 0.3) is 42.1 Å². The van der Waals surface area contributed by atoms with Crippen molar-refractivity contribution in [1.29, 1.82) is 0 Å². The number of hydrogen-bond donors (Lipinski definition) is 0. The minimum atomic E-state index is -0.426. The lowest BCUT2D eigenvalue weighted by molar-refractivity contribution is 0.00578. The number of fused-ring (bicyclic) bond motifs is 5. The van der Waals surface area contributed by atoms with Crippen LogP contribution in [-0.2, 0) is 9.31 Å². The van der Waals surface area contributed by atoms with E-state index in [1.807, 2.05) is 11.3 Å². The number of nitrogens with zero attached hydrogens (tertiary/aromatic N) is 1. The molecule has 6 aromatic carbocycles. The van der Waals surface area contributed by atoms with Crippen LogP contribution in [0.5, 0.6) is 0 Å². The molecule has 3 nitrogen and oxygen atoms in total. The average Bonchev–Trinajstić information content (AvgIpc) is 3.54. The second-order valence-corrected chi connectivity index (χ2v) is 13.9. The highest BCUT2D eigenvalue weighted by Gasteiger charge is 2.51. The van der Waals surface area contributed by atoms with E-state index in [1.54, 1.807) is 0 Å². The number of anilines is 3. The molecule has 0 saturated carbocycles. The van der Waals surface area contributed by atoms with Gasteiger partial charge in [-0.05, 0) is 85.9 Å². The molecule has 1 saturated heterocycles. The summed E-state index contributed by atoms with van der Waals surface area (Å²) in [7, 11) is -0.426. The molecule has 2 heterocycles. The summed E-state index contributed by atoms with van der Waals surface area (Å²) < 4.78 is 15.5. The van der Waals surface area contributed by atoms with Crippen LogP contribution in [0.4, 0.5) is 17.1 Å². The molecular formula is C40H34BNO2S. The number of benzene rings is 6. The van der Waals surface area contributed by atoms with Crippen molar-refractivity contribution >= 4 is 71.9 Å². The SMILES string of the molecule is CC1(C)OB(c2cccc(-c3cc(N(c4ccccc4)c4ccccc4)cc4c3sc3c5ccccc5ccc43)c2)OC1(C)C. The highest BCUT2D eigenvalue weighted by Crippen LogP contribution is 2.47. The Hall–Kier alpha value is -4.42. The Labute approximate surface area is 268 Å². The second-order valence-electron chi connectivity index (χ2n) is 12.9. The van der Waals surface area contributed by atoms with Gasteiger partial charge < -0.3 is 14.2 Å². The molecule has 0 radical (unpaired) electrons. The largest absolute Gasteiger partial charge is 0.494 e. The fourth-order valence-electron chi connectivity index (χ4n) is 6.37. The summed E-state index contributed by atoms with van der Waals surface area (Å²) in [5, 5.41) is 5.08. The average molecular weight is 604 g/mol. The lowest BCUT2D eigenvalue weighted by Gasteiger charge is -2.32. The van der Waals surface area contributed by atoms with Crippen LogP contribution in [0, 0.1) is 0 Å². The maximum Gasteiger partial charge on any atom is 0.494 e. The normalized spacial score (nSPS) is 15.7. The van der Waals surface area contributed by atoms with Gasteiger partial charge in [-0.25, -0.2) is 0 Å². The van der Waals surface area contributed by atoms with E-state index in [0.29, 0.717) is 0 Å². The van der Waals surface area contributed by atoms with Crippen LogP contribution < -0.4 is 10.4 Å². The molecule has 1 aliphatic rings. The Morgan fingerprint density at radius 3 is 1.87 bits per heavy atom. The van der Waals surface area contributed by atoms with Gasteiger partial charge in [0, 0.05) is 42.8 Å². The zero-order valence-electron chi connectivity index (χ0n) is 26.0. The lowest BCUT2D eigenvalue weighted by atomic mass is 9.78. The zero-order chi connectivity index (χ0) is 30.8. The van der Waals surface area contributed by atoms with Crippen molar-refractivity contribution in [3.05, 3.63) is 133 Å². The molecule has 0 atom stereocenters. The first kappa shape index (κ1) is 28.1. The summed E-state index contributed by atoms with van der Waals surface area (Å²) in [6.07, 6.45) is 0. The first-order valence-electron chi connectivity index (χ1n) is 15.5. The van der Waals surface area contributed by atoms with E-state index in [4.69, 9.17) is 9.31 Å². The minimum absolute atomic E-state index is 0.404. The third-order valence-electron chi connectivity index (χ3n) is 9.46. The van der Waals surface area contributed by atoms with Crippen molar-refractivity contribution in [2.24, 2.45) is 0 Å². The minimum Gasteiger partial charge on any atom is -0.399 e. The summed E-state index contributed by atoms with van der Waals surface area (Å²) in [6, 6.07) is 47.9. The van der Waals surface area contributed by atoms with Crippen LogP contribution in [0.3, 0.4) is 0 Å². The molecule has 1 fully saturated rings. The second kappa shape index (κ2) is 10.6. The van der Waals surface area contributed by atoms with Crippen molar-refractivity contribution in [1.82, 2.24) is 0 Å². The van der Waals surface area contributed by atoms with E-state index in [2.05, 4.69) is 166 Å². The molecule has 7 aromatic rings. The fraction of sp³-hybridized carbons (Fsp3) is 0.150. The van der Waals surface area contributed by atoms with Crippen LogP contribution in [0.2, 0.25) is 0 Å². The maximum atomic E-state index is 6.47. The molecular weight excluding hydrogens is 569 g/mol. The molecule has 1 aliphatic heterocycles. The zero-order valence-corrected chi connectivity index (χ0v) is 26.8. The van der Waals surface area contributed by atoms with Gasteiger partial charge in [-0.1, -0.05) is 97.1 Å².